The van der Waals surface area contributed by atoms with E-state index in [2.05, 4.69) is 17.6 Å². The van der Waals surface area contributed by atoms with Crippen molar-refractivity contribution in [3.8, 4) is 0 Å². The summed E-state index contributed by atoms with van der Waals surface area (Å²) < 4.78 is 0. The molecule has 0 saturated carbocycles. The molecule has 0 heterocycles. The number of para-hydroxylation sites is 1. The Hall–Kier alpha value is -2.37. The number of carbonyl (C=O) groups is 3. The first-order valence-corrected chi connectivity index (χ1v) is 7.95. The van der Waals surface area contributed by atoms with E-state index in [9.17, 15) is 14.4 Å². The van der Waals surface area contributed by atoms with Crippen LogP contribution in [0.25, 0.3) is 0 Å². The molecule has 1 rings (SSSR count). The molecule has 0 aliphatic carbocycles. The quantitative estimate of drug-likeness (QED) is 0.572. The highest BCUT2D eigenvalue weighted by molar-refractivity contribution is 5.95. The number of carbonyl (C=O) groups excluding carboxylic acids is 3. The van der Waals surface area contributed by atoms with Crippen LogP contribution in [0.2, 0.25) is 0 Å². The molecule has 1 aromatic carbocycles. The number of nitrogens with one attached hydrogen (secondary N) is 2. The van der Waals surface area contributed by atoms with E-state index in [0.29, 0.717) is 18.5 Å². The molecule has 0 atom stereocenters. The molecule has 3 amide bonds. The Bertz CT molecular complexity index is 544. The van der Waals surface area contributed by atoms with Crippen molar-refractivity contribution in [2.24, 2.45) is 5.73 Å². The number of primary amides is 1. The van der Waals surface area contributed by atoms with Crippen molar-refractivity contribution < 1.29 is 14.4 Å². The zero-order valence-corrected chi connectivity index (χ0v) is 13.6. The number of hydrogen-bond donors (Lipinski definition) is 3. The van der Waals surface area contributed by atoms with Gasteiger partial charge in [0, 0.05) is 18.5 Å². The van der Waals surface area contributed by atoms with Crippen LogP contribution >= 0.6 is 0 Å². The average molecular weight is 319 g/mol. The molecule has 0 spiro atoms. The number of unbranched alkanes of at least 4 members (excludes halogenated alkanes) is 2. The van der Waals surface area contributed by atoms with E-state index in [1.54, 1.807) is 12.1 Å². The summed E-state index contributed by atoms with van der Waals surface area (Å²) in [5.74, 6) is -0.790. The third-order valence-corrected chi connectivity index (χ3v) is 3.39. The van der Waals surface area contributed by atoms with Gasteiger partial charge in [0.1, 0.15) is 0 Å². The van der Waals surface area contributed by atoms with Crippen LogP contribution in [0.15, 0.2) is 24.3 Å². The van der Waals surface area contributed by atoms with Gasteiger partial charge in [0.2, 0.25) is 17.7 Å². The Balaban J connectivity index is 2.44. The minimum absolute atomic E-state index is 0.0604. The molecule has 1 aromatic rings. The van der Waals surface area contributed by atoms with Crippen molar-refractivity contribution in [3.63, 3.8) is 0 Å². The molecule has 0 aliphatic rings. The van der Waals surface area contributed by atoms with E-state index < -0.39 is 0 Å². The lowest BCUT2D eigenvalue weighted by atomic mass is 10.1. The standard InChI is InChI=1S/C17H25N3O3/c1-2-3-4-9-16(22)19-12-17(23)20-14-8-6-5-7-13(14)10-11-15(18)21/h5-8H,2-4,9-12H2,1H3,(H2,18,21)(H,19,22)(H,20,23). The summed E-state index contributed by atoms with van der Waals surface area (Å²) in [6.45, 7) is 2.01. The second-order valence-corrected chi connectivity index (χ2v) is 5.41. The zero-order valence-electron chi connectivity index (χ0n) is 13.6. The van der Waals surface area contributed by atoms with Crippen LogP contribution in [0.1, 0.15) is 44.6 Å². The smallest absolute Gasteiger partial charge is 0.243 e. The van der Waals surface area contributed by atoms with Crippen molar-refractivity contribution in [2.45, 2.75) is 45.4 Å². The molecule has 0 aromatic heterocycles. The number of hydrogen-bond acceptors (Lipinski definition) is 3. The van der Waals surface area contributed by atoms with Gasteiger partial charge in [-0.25, -0.2) is 0 Å². The van der Waals surface area contributed by atoms with Crippen LogP contribution < -0.4 is 16.4 Å². The van der Waals surface area contributed by atoms with E-state index in [0.717, 1.165) is 24.8 Å². The van der Waals surface area contributed by atoms with Gasteiger partial charge >= 0.3 is 0 Å². The van der Waals surface area contributed by atoms with Crippen LogP contribution in [0.3, 0.4) is 0 Å². The van der Waals surface area contributed by atoms with Crippen molar-refractivity contribution >= 4 is 23.4 Å². The molecule has 4 N–H and O–H groups in total. The lowest BCUT2D eigenvalue weighted by molar-refractivity contribution is -0.124. The van der Waals surface area contributed by atoms with Gasteiger partial charge in [-0.3, -0.25) is 14.4 Å². The molecule has 0 bridgehead atoms. The van der Waals surface area contributed by atoms with Crippen molar-refractivity contribution in [1.82, 2.24) is 5.32 Å². The summed E-state index contributed by atoms with van der Waals surface area (Å²) in [5, 5.41) is 5.36. The second-order valence-electron chi connectivity index (χ2n) is 5.41. The monoisotopic (exact) mass is 319 g/mol. The van der Waals surface area contributed by atoms with Gasteiger partial charge in [0.05, 0.1) is 6.54 Å². The van der Waals surface area contributed by atoms with Gasteiger partial charge in [0.25, 0.3) is 0 Å². The highest BCUT2D eigenvalue weighted by atomic mass is 16.2. The fraction of sp³-hybridized carbons (Fsp3) is 0.471. The van der Waals surface area contributed by atoms with E-state index in [1.807, 2.05) is 12.1 Å². The summed E-state index contributed by atoms with van der Waals surface area (Å²) in [6.07, 6.45) is 4.02. The third kappa shape index (κ3) is 7.99. The van der Waals surface area contributed by atoms with Gasteiger partial charge < -0.3 is 16.4 Å². The lowest BCUT2D eigenvalue weighted by Crippen LogP contribution is -2.32. The Kier molecular flexibility index (Phi) is 8.42. The fourth-order valence-corrected chi connectivity index (χ4v) is 2.12. The van der Waals surface area contributed by atoms with E-state index in [1.165, 1.54) is 0 Å². The van der Waals surface area contributed by atoms with E-state index >= 15 is 0 Å². The number of amides is 3. The largest absolute Gasteiger partial charge is 0.370 e. The van der Waals surface area contributed by atoms with Crippen molar-refractivity contribution in [1.29, 1.82) is 0 Å². The summed E-state index contributed by atoms with van der Waals surface area (Å²) in [4.78, 5) is 34.4. The second kappa shape index (κ2) is 10.4. The maximum absolute atomic E-state index is 11.9. The highest BCUT2D eigenvalue weighted by Gasteiger charge is 2.09. The Labute approximate surface area is 136 Å². The Morgan fingerprint density at radius 1 is 1.04 bits per heavy atom. The minimum Gasteiger partial charge on any atom is -0.370 e. The van der Waals surface area contributed by atoms with Crippen LogP contribution in [-0.4, -0.2) is 24.3 Å². The molecule has 0 radical (unpaired) electrons. The number of aryl methyl sites for hydroxylation is 1. The minimum atomic E-state index is -0.384. The average Bonchev–Trinajstić information content (AvgIpc) is 2.52. The molecule has 0 saturated heterocycles. The van der Waals surface area contributed by atoms with Crippen LogP contribution in [-0.2, 0) is 20.8 Å². The van der Waals surface area contributed by atoms with Gasteiger partial charge in [-0.05, 0) is 24.5 Å². The van der Waals surface area contributed by atoms with Crippen LogP contribution in [0, 0.1) is 0 Å². The molecular weight excluding hydrogens is 294 g/mol. The van der Waals surface area contributed by atoms with Gasteiger partial charge in [-0.15, -0.1) is 0 Å². The summed E-state index contributed by atoms with van der Waals surface area (Å²) in [7, 11) is 0. The van der Waals surface area contributed by atoms with E-state index in [-0.39, 0.29) is 30.7 Å². The highest BCUT2D eigenvalue weighted by Crippen LogP contribution is 2.16. The molecule has 23 heavy (non-hydrogen) atoms. The Morgan fingerprint density at radius 3 is 2.48 bits per heavy atom. The van der Waals surface area contributed by atoms with Gasteiger partial charge in [-0.1, -0.05) is 38.0 Å². The van der Waals surface area contributed by atoms with Crippen LogP contribution in [0.4, 0.5) is 5.69 Å². The molecule has 6 nitrogen and oxygen atoms in total. The van der Waals surface area contributed by atoms with Crippen LogP contribution in [0.5, 0.6) is 0 Å². The molecule has 0 fully saturated rings. The zero-order chi connectivity index (χ0) is 17.1. The van der Waals surface area contributed by atoms with Crippen molar-refractivity contribution in [3.05, 3.63) is 29.8 Å². The maximum atomic E-state index is 11.9. The summed E-state index contributed by atoms with van der Waals surface area (Å²) >= 11 is 0. The van der Waals surface area contributed by atoms with Gasteiger partial charge in [0.15, 0.2) is 0 Å². The Morgan fingerprint density at radius 2 is 1.78 bits per heavy atom. The number of benzene rings is 1. The first-order valence-electron chi connectivity index (χ1n) is 7.95. The first kappa shape index (κ1) is 18.7. The molecule has 6 heteroatoms. The third-order valence-electron chi connectivity index (χ3n) is 3.39. The first-order chi connectivity index (χ1) is 11.0. The lowest BCUT2D eigenvalue weighted by Gasteiger charge is -2.11. The molecule has 0 aliphatic heterocycles. The number of nitrogens with two attached hydrogens (primary N) is 1. The molecule has 0 unspecified atom stereocenters. The molecule has 126 valence electrons. The topological polar surface area (TPSA) is 101 Å². The predicted molar refractivity (Wildman–Crippen MR) is 89.7 cm³/mol. The molecular formula is C17H25N3O3. The number of anilines is 1. The SMILES string of the molecule is CCCCCC(=O)NCC(=O)Nc1ccccc1CCC(N)=O. The van der Waals surface area contributed by atoms with Crippen molar-refractivity contribution in [2.75, 3.05) is 11.9 Å². The normalized spacial score (nSPS) is 10.1. The van der Waals surface area contributed by atoms with Gasteiger partial charge in [-0.2, -0.15) is 0 Å². The summed E-state index contributed by atoms with van der Waals surface area (Å²) in [5.41, 5.74) is 6.63. The predicted octanol–water partition coefficient (Wildman–Crippen LogP) is 1.74. The fourth-order valence-electron chi connectivity index (χ4n) is 2.12. The van der Waals surface area contributed by atoms with E-state index in [4.69, 9.17) is 5.73 Å². The summed E-state index contributed by atoms with van der Waals surface area (Å²) in [6, 6.07) is 7.23. The number of rotatable bonds is 10. The maximum Gasteiger partial charge on any atom is 0.243 e.